The Kier molecular flexibility index (Phi) is 7.71. The van der Waals surface area contributed by atoms with Crippen LogP contribution in [0.15, 0.2) is 18.2 Å². The molecule has 1 aliphatic rings. The van der Waals surface area contributed by atoms with E-state index in [9.17, 15) is 14.7 Å². The molecule has 9 nitrogen and oxygen atoms in total. The molecule has 32 heavy (non-hydrogen) atoms. The van der Waals surface area contributed by atoms with Crippen molar-refractivity contribution in [3.8, 4) is 0 Å². The molecule has 1 saturated carbocycles. The summed E-state index contributed by atoms with van der Waals surface area (Å²) >= 11 is 0. The van der Waals surface area contributed by atoms with Crippen molar-refractivity contribution in [1.29, 1.82) is 0 Å². The predicted octanol–water partition coefficient (Wildman–Crippen LogP) is 4.02. The fourth-order valence-electron chi connectivity index (χ4n) is 4.37. The number of aliphatic carboxylic acids is 1. The molecule has 1 fully saturated rings. The highest BCUT2D eigenvalue weighted by atomic mass is 16.4. The van der Waals surface area contributed by atoms with Gasteiger partial charge in [-0.3, -0.25) is 14.7 Å². The van der Waals surface area contributed by atoms with Gasteiger partial charge in [0.05, 0.1) is 17.8 Å². The fourth-order valence-corrected chi connectivity index (χ4v) is 4.37. The maximum Gasteiger partial charge on any atom is 0.303 e. The van der Waals surface area contributed by atoms with Crippen LogP contribution in [0.2, 0.25) is 0 Å². The Balaban J connectivity index is 2.00. The second kappa shape index (κ2) is 10.5. The van der Waals surface area contributed by atoms with E-state index >= 15 is 0 Å². The number of nitrogens with two attached hydrogens (primary N) is 1. The van der Waals surface area contributed by atoms with E-state index in [0.717, 1.165) is 36.3 Å². The summed E-state index contributed by atoms with van der Waals surface area (Å²) in [4.78, 5) is 29.2. The molecule has 1 aliphatic carbocycles. The van der Waals surface area contributed by atoms with Gasteiger partial charge in [0.15, 0.2) is 0 Å². The maximum atomic E-state index is 11.4. The number of amides is 1. The van der Waals surface area contributed by atoms with E-state index in [2.05, 4.69) is 45.3 Å². The van der Waals surface area contributed by atoms with Crippen LogP contribution < -0.4 is 16.0 Å². The second-order valence-corrected chi connectivity index (χ2v) is 9.11. The van der Waals surface area contributed by atoms with Gasteiger partial charge in [-0.1, -0.05) is 46.1 Å². The molecule has 1 aromatic carbocycles. The molecular weight excluding hydrogens is 408 g/mol. The number of carboxylic acid groups (broad SMARTS) is 1. The molecule has 3 rings (SSSR count). The quantitative estimate of drug-likeness (QED) is 0.436. The van der Waals surface area contributed by atoms with Crippen molar-refractivity contribution >= 4 is 29.2 Å². The lowest BCUT2D eigenvalue weighted by Crippen LogP contribution is -2.39. The molecule has 174 valence electrons. The van der Waals surface area contributed by atoms with Crippen LogP contribution in [0.25, 0.3) is 0 Å². The van der Waals surface area contributed by atoms with Gasteiger partial charge in [0.25, 0.3) is 5.91 Å². The molecule has 0 radical (unpaired) electrons. The van der Waals surface area contributed by atoms with Gasteiger partial charge in [-0.05, 0) is 42.4 Å². The van der Waals surface area contributed by atoms with Gasteiger partial charge >= 0.3 is 5.97 Å². The zero-order valence-corrected chi connectivity index (χ0v) is 19.1. The molecule has 1 atom stereocenters. The summed E-state index contributed by atoms with van der Waals surface area (Å²) in [5.41, 5.74) is 8.03. The van der Waals surface area contributed by atoms with Gasteiger partial charge in [-0.25, -0.2) is 0 Å². The van der Waals surface area contributed by atoms with Crippen molar-refractivity contribution in [3.05, 3.63) is 29.6 Å². The molecule has 1 unspecified atom stereocenters. The summed E-state index contributed by atoms with van der Waals surface area (Å²) in [6.07, 6.45) is 6.06. The number of carboxylic acids is 1. The van der Waals surface area contributed by atoms with E-state index in [1.165, 1.54) is 19.3 Å². The molecule has 1 amide bonds. The topological polar surface area (TPSA) is 137 Å². The van der Waals surface area contributed by atoms with E-state index in [4.69, 9.17) is 5.73 Å². The lowest BCUT2D eigenvalue weighted by Gasteiger charge is -2.38. The van der Waals surface area contributed by atoms with Crippen LogP contribution in [-0.4, -0.2) is 44.8 Å². The number of H-pyrrole nitrogens is 1. The minimum atomic E-state index is -0.834. The monoisotopic (exact) mass is 442 g/mol. The summed E-state index contributed by atoms with van der Waals surface area (Å²) in [5, 5.41) is 19.1. The number of hydrogen-bond donors (Lipinski definition) is 4. The third-order valence-electron chi connectivity index (χ3n) is 5.92. The number of hydrogen-bond acceptors (Lipinski definition) is 6. The summed E-state index contributed by atoms with van der Waals surface area (Å²) < 4.78 is 0. The maximum absolute atomic E-state index is 11.4. The minimum absolute atomic E-state index is 0.0178. The number of carbonyl (C=O) groups excluding carboxylic acids is 1. The van der Waals surface area contributed by atoms with Crippen molar-refractivity contribution in [3.63, 3.8) is 0 Å². The Morgan fingerprint density at radius 2 is 1.97 bits per heavy atom. The number of nitrogens with zero attached hydrogens (tertiary/aromatic N) is 3. The Labute approximate surface area is 188 Å². The van der Waals surface area contributed by atoms with Gasteiger partial charge < -0.3 is 21.1 Å². The van der Waals surface area contributed by atoms with Crippen LogP contribution in [0.5, 0.6) is 0 Å². The highest BCUT2D eigenvalue weighted by Crippen LogP contribution is 2.36. The van der Waals surface area contributed by atoms with Gasteiger partial charge in [0.2, 0.25) is 11.8 Å². The molecule has 9 heteroatoms. The average molecular weight is 443 g/mol. The van der Waals surface area contributed by atoms with E-state index in [-0.39, 0.29) is 24.1 Å². The van der Waals surface area contributed by atoms with E-state index in [1.54, 1.807) is 0 Å². The first kappa shape index (κ1) is 23.6. The number of rotatable bonds is 10. The van der Waals surface area contributed by atoms with Gasteiger partial charge in [0.1, 0.15) is 0 Å². The van der Waals surface area contributed by atoms with Gasteiger partial charge in [-0.2, -0.15) is 4.98 Å². The average Bonchev–Trinajstić information content (AvgIpc) is 3.21. The lowest BCUT2D eigenvalue weighted by molar-refractivity contribution is -0.137. The first-order valence-corrected chi connectivity index (χ1v) is 11.4. The SMILES string of the molecule is CC(C)CN(c1ccc(C(C)CC(=O)O)cc1Nc1n[nH]c(C(N)=O)n1)C1CCCCC1. The summed E-state index contributed by atoms with van der Waals surface area (Å²) in [5.74, 6) is -0.964. The third kappa shape index (κ3) is 5.99. The van der Waals surface area contributed by atoms with Gasteiger partial charge in [0, 0.05) is 12.6 Å². The standard InChI is InChI=1S/C23H34N6O3/c1-14(2)13-29(17-7-5-4-6-8-17)19-10-9-16(15(3)11-20(30)31)12-18(19)25-23-26-22(21(24)32)27-28-23/h9-10,12,14-15,17H,4-8,11,13H2,1-3H3,(H2,24,32)(H,30,31)(H2,25,26,27,28). The molecule has 1 aromatic heterocycles. The summed E-state index contributed by atoms with van der Waals surface area (Å²) in [6.45, 7) is 7.23. The molecular formula is C23H34N6O3. The Morgan fingerprint density at radius 3 is 2.56 bits per heavy atom. The number of carbonyl (C=O) groups is 2. The van der Waals surface area contributed by atoms with Crippen LogP contribution in [0, 0.1) is 5.92 Å². The van der Waals surface area contributed by atoms with Gasteiger partial charge in [-0.15, -0.1) is 5.10 Å². The van der Waals surface area contributed by atoms with Crippen molar-refractivity contribution in [1.82, 2.24) is 15.2 Å². The molecule has 0 aliphatic heterocycles. The lowest BCUT2D eigenvalue weighted by atomic mass is 9.92. The Morgan fingerprint density at radius 1 is 1.25 bits per heavy atom. The van der Waals surface area contributed by atoms with Crippen molar-refractivity contribution in [2.75, 3.05) is 16.8 Å². The number of nitrogens with one attached hydrogen (secondary N) is 2. The van der Waals surface area contributed by atoms with Crippen LogP contribution in [0.3, 0.4) is 0 Å². The van der Waals surface area contributed by atoms with Crippen molar-refractivity contribution in [2.24, 2.45) is 11.7 Å². The van der Waals surface area contributed by atoms with Crippen LogP contribution in [-0.2, 0) is 4.79 Å². The smallest absolute Gasteiger partial charge is 0.303 e. The zero-order valence-electron chi connectivity index (χ0n) is 19.1. The molecule has 0 bridgehead atoms. The number of aromatic amines is 1. The number of anilines is 3. The minimum Gasteiger partial charge on any atom is -0.481 e. The zero-order chi connectivity index (χ0) is 23.3. The molecule has 1 heterocycles. The fraction of sp³-hybridized carbons (Fsp3) is 0.565. The second-order valence-electron chi connectivity index (χ2n) is 9.11. The Bertz CT molecular complexity index is 936. The van der Waals surface area contributed by atoms with Crippen molar-refractivity contribution in [2.45, 2.75) is 71.3 Å². The van der Waals surface area contributed by atoms with Crippen LogP contribution in [0.1, 0.15) is 81.4 Å². The molecule has 0 spiro atoms. The first-order valence-electron chi connectivity index (χ1n) is 11.4. The largest absolute Gasteiger partial charge is 0.481 e. The predicted molar refractivity (Wildman–Crippen MR) is 124 cm³/mol. The highest BCUT2D eigenvalue weighted by molar-refractivity contribution is 5.89. The van der Waals surface area contributed by atoms with E-state index in [1.807, 2.05) is 19.1 Å². The number of primary amides is 1. The number of aromatic nitrogens is 3. The summed E-state index contributed by atoms with van der Waals surface area (Å²) in [7, 11) is 0. The van der Waals surface area contributed by atoms with Crippen LogP contribution in [0.4, 0.5) is 17.3 Å². The molecule has 2 aromatic rings. The van der Waals surface area contributed by atoms with E-state index < -0.39 is 11.9 Å². The molecule has 5 N–H and O–H groups in total. The number of benzene rings is 1. The summed E-state index contributed by atoms with van der Waals surface area (Å²) in [6, 6.07) is 6.49. The first-order chi connectivity index (χ1) is 15.2. The van der Waals surface area contributed by atoms with Crippen LogP contribution >= 0.6 is 0 Å². The third-order valence-corrected chi connectivity index (χ3v) is 5.92. The molecule has 0 saturated heterocycles. The Hall–Kier alpha value is -3.10. The van der Waals surface area contributed by atoms with E-state index in [0.29, 0.717) is 12.0 Å². The highest BCUT2D eigenvalue weighted by Gasteiger charge is 2.25. The normalized spacial score (nSPS) is 15.5. The van der Waals surface area contributed by atoms with Crippen molar-refractivity contribution < 1.29 is 14.7 Å².